The SMILES string of the molecule is C[C@@H](O)[C@H]1C(=O)N2C(C(=O)O)=C(c3ccc4c(c3)-c3ccc(C=O)cc3C4=O)C[C@H]12. The first-order chi connectivity index (χ1) is 14.3. The molecule has 5 rings (SSSR count). The third-order valence-electron chi connectivity index (χ3n) is 6.26. The monoisotopic (exact) mass is 403 g/mol. The van der Waals surface area contributed by atoms with Crippen molar-refractivity contribution in [1.29, 1.82) is 0 Å². The molecule has 7 heteroatoms. The van der Waals surface area contributed by atoms with Crippen molar-refractivity contribution in [2.24, 2.45) is 5.92 Å². The maximum Gasteiger partial charge on any atom is 0.352 e. The molecule has 7 nitrogen and oxygen atoms in total. The van der Waals surface area contributed by atoms with Gasteiger partial charge in [0.2, 0.25) is 5.91 Å². The minimum absolute atomic E-state index is 0.0669. The number of carbonyl (C=O) groups excluding carboxylic acids is 3. The number of aliphatic carboxylic acids is 1. The van der Waals surface area contributed by atoms with E-state index in [1.54, 1.807) is 36.4 Å². The molecule has 150 valence electrons. The number of fused-ring (bicyclic) bond motifs is 4. The number of aliphatic hydroxyl groups is 1. The molecule has 2 heterocycles. The van der Waals surface area contributed by atoms with E-state index in [2.05, 4.69) is 0 Å². The van der Waals surface area contributed by atoms with Crippen molar-refractivity contribution in [2.45, 2.75) is 25.5 Å². The summed E-state index contributed by atoms with van der Waals surface area (Å²) in [7, 11) is 0. The molecule has 2 aliphatic heterocycles. The highest BCUT2D eigenvalue weighted by Crippen LogP contribution is 2.48. The van der Waals surface area contributed by atoms with Crippen LogP contribution in [0.15, 0.2) is 42.1 Å². The first kappa shape index (κ1) is 18.4. The van der Waals surface area contributed by atoms with Gasteiger partial charge in [-0.2, -0.15) is 0 Å². The van der Waals surface area contributed by atoms with Crippen molar-refractivity contribution in [3.63, 3.8) is 0 Å². The van der Waals surface area contributed by atoms with Crippen LogP contribution in [0.1, 0.15) is 45.2 Å². The Hall–Kier alpha value is -3.58. The zero-order valence-corrected chi connectivity index (χ0v) is 16.0. The average Bonchev–Trinajstić information content (AvgIpc) is 3.20. The lowest BCUT2D eigenvalue weighted by Crippen LogP contribution is -2.61. The number of benzene rings is 2. The quantitative estimate of drug-likeness (QED) is 0.510. The molecule has 0 radical (unpaired) electrons. The predicted octanol–water partition coefficient (Wildman–Crippen LogP) is 2.12. The van der Waals surface area contributed by atoms with E-state index in [-0.39, 0.29) is 23.4 Å². The van der Waals surface area contributed by atoms with Gasteiger partial charge in [-0.1, -0.05) is 18.2 Å². The lowest BCUT2D eigenvalue weighted by atomic mass is 9.82. The van der Waals surface area contributed by atoms with Crippen molar-refractivity contribution >= 4 is 29.5 Å². The number of nitrogens with zero attached hydrogens (tertiary/aromatic N) is 1. The van der Waals surface area contributed by atoms with Crippen LogP contribution in [0.5, 0.6) is 0 Å². The van der Waals surface area contributed by atoms with Crippen LogP contribution in [-0.2, 0) is 9.59 Å². The summed E-state index contributed by atoms with van der Waals surface area (Å²) in [5.41, 5.74) is 3.78. The van der Waals surface area contributed by atoms with Gasteiger partial charge < -0.3 is 15.1 Å². The zero-order valence-electron chi connectivity index (χ0n) is 16.0. The summed E-state index contributed by atoms with van der Waals surface area (Å²) in [4.78, 5) is 49.4. The molecular weight excluding hydrogens is 386 g/mol. The van der Waals surface area contributed by atoms with Crippen LogP contribution >= 0.6 is 0 Å². The Labute approximate surface area is 171 Å². The molecule has 3 aliphatic rings. The number of hydrogen-bond donors (Lipinski definition) is 2. The molecular formula is C23H17NO6. The molecule has 2 aromatic carbocycles. The number of carbonyl (C=O) groups is 4. The average molecular weight is 403 g/mol. The van der Waals surface area contributed by atoms with Gasteiger partial charge in [0.1, 0.15) is 12.0 Å². The first-order valence-electron chi connectivity index (χ1n) is 9.59. The Balaban J connectivity index is 1.62. The van der Waals surface area contributed by atoms with E-state index < -0.39 is 18.0 Å². The summed E-state index contributed by atoms with van der Waals surface area (Å²) in [6.07, 6.45) is 0.154. The van der Waals surface area contributed by atoms with E-state index in [9.17, 15) is 29.4 Å². The Morgan fingerprint density at radius 2 is 1.83 bits per heavy atom. The predicted molar refractivity (Wildman–Crippen MR) is 106 cm³/mol. The van der Waals surface area contributed by atoms with Gasteiger partial charge in [-0.05, 0) is 53.8 Å². The minimum Gasteiger partial charge on any atom is -0.477 e. The van der Waals surface area contributed by atoms with Crippen LogP contribution in [0.25, 0.3) is 16.7 Å². The molecule has 0 saturated carbocycles. The Kier molecular flexibility index (Phi) is 3.82. The molecule has 2 aromatic rings. The fourth-order valence-corrected chi connectivity index (χ4v) is 4.88. The minimum atomic E-state index is -1.20. The van der Waals surface area contributed by atoms with E-state index in [4.69, 9.17) is 0 Å². The van der Waals surface area contributed by atoms with Crippen LogP contribution in [0.3, 0.4) is 0 Å². The summed E-state index contributed by atoms with van der Waals surface area (Å²) < 4.78 is 0. The largest absolute Gasteiger partial charge is 0.477 e. The smallest absolute Gasteiger partial charge is 0.352 e. The van der Waals surface area contributed by atoms with Crippen LogP contribution < -0.4 is 0 Å². The van der Waals surface area contributed by atoms with Crippen LogP contribution in [0.2, 0.25) is 0 Å². The second kappa shape index (κ2) is 6.21. The van der Waals surface area contributed by atoms with Gasteiger partial charge in [0.15, 0.2) is 5.78 Å². The molecule has 0 bridgehead atoms. The van der Waals surface area contributed by atoms with Crippen molar-refractivity contribution in [3.8, 4) is 11.1 Å². The number of ketones is 1. The third kappa shape index (κ3) is 2.29. The van der Waals surface area contributed by atoms with E-state index in [1.165, 1.54) is 11.8 Å². The molecule has 0 spiro atoms. The molecule has 2 N–H and O–H groups in total. The van der Waals surface area contributed by atoms with Crippen molar-refractivity contribution < 1.29 is 29.4 Å². The number of aliphatic hydroxyl groups excluding tert-OH is 1. The van der Waals surface area contributed by atoms with Gasteiger partial charge >= 0.3 is 5.97 Å². The van der Waals surface area contributed by atoms with Gasteiger partial charge in [0, 0.05) is 16.7 Å². The fraction of sp³-hybridized carbons (Fsp3) is 0.217. The van der Waals surface area contributed by atoms with Gasteiger partial charge in [0.05, 0.1) is 18.1 Å². The van der Waals surface area contributed by atoms with Gasteiger partial charge in [-0.15, -0.1) is 0 Å². The van der Waals surface area contributed by atoms with E-state index in [0.717, 1.165) is 0 Å². The number of hydrogen-bond acceptors (Lipinski definition) is 5. The van der Waals surface area contributed by atoms with E-state index in [1.807, 2.05) is 0 Å². The summed E-state index contributed by atoms with van der Waals surface area (Å²) in [6.45, 7) is 1.53. The number of carboxylic acid groups (broad SMARTS) is 1. The summed E-state index contributed by atoms with van der Waals surface area (Å²) in [5, 5.41) is 19.7. The van der Waals surface area contributed by atoms with E-state index >= 15 is 0 Å². The highest BCUT2D eigenvalue weighted by Gasteiger charge is 2.56. The van der Waals surface area contributed by atoms with Gasteiger partial charge in [0.25, 0.3) is 0 Å². The molecule has 1 amide bonds. The molecule has 0 unspecified atom stereocenters. The zero-order chi connectivity index (χ0) is 21.3. The van der Waals surface area contributed by atoms with Gasteiger partial charge in [-0.3, -0.25) is 14.4 Å². The Morgan fingerprint density at radius 1 is 1.10 bits per heavy atom. The molecule has 1 aliphatic carbocycles. The Bertz CT molecular complexity index is 1210. The van der Waals surface area contributed by atoms with E-state index in [0.29, 0.717) is 51.7 Å². The number of β-lactam (4-membered cyclic amide) rings is 1. The maximum atomic E-state index is 12.7. The third-order valence-corrected chi connectivity index (χ3v) is 6.26. The Morgan fingerprint density at radius 3 is 2.50 bits per heavy atom. The van der Waals surface area contributed by atoms with Crippen molar-refractivity contribution in [2.75, 3.05) is 0 Å². The highest BCUT2D eigenvalue weighted by atomic mass is 16.4. The molecule has 3 atom stereocenters. The maximum absolute atomic E-state index is 12.7. The second-order valence-corrected chi connectivity index (χ2v) is 7.89. The number of aldehydes is 1. The van der Waals surface area contributed by atoms with Crippen molar-refractivity contribution in [1.82, 2.24) is 4.90 Å². The van der Waals surface area contributed by atoms with Crippen LogP contribution in [0.4, 0.5) is 0 Å². The number of rotatable bonds is 4. The number of amides is 1. The second-order valence-electron chi connectivity index (χ2n) is 7.89. The molecule has 30 heavy (non-hydrogen) atoms. The lowest BCUT2D eigenvalue weighted by Gasteiger charge is -2.44. The number of carboxylic acids is 1. The molecule has 1 fully saturated rings. The lowest BCUT2D eigenvalue weighted by molar-refractivity contribution is -0.161. The summed E-state index contributed by atoms with van der Waals surface area (Å²) in [6, 6.07) is 9.64. The van der Waals surface area contributed by atoms with Crippen LogP contribution in [-0.4, -0.2) is 51.2 Å². The fourth-order valence-electron chi connectivity index (χ4n) is 4.88. The molecule has 0 aromatic heterocycles. The first-order valence-corrected chi connectivity index (χ1v) is 9.59. The van der Waals surface area contributed by atoms with Crippen molar-refractivity contribution in [3.05, 3.63) is 64.3 Å². The topological polar surface area (TPSA) is 112 Å². The van der Waals surface area contributed by atoms with Gasteiger partial charge in [-0.25, -0.2) is 4.79 Å². The summed E-state index contributed by atoms with van der Waals surface area (Å²) >= 11 is 0. The standard InChI is InChI=1S/C23H17NO6/c1-10(26)19-18-8-15(20(23(29)30)24(18)22(19)28)12-3-5-14-16(7-12)13-4-2-11(9-25)6-17(13)21(14)27/h2-7,9-10,18-19,26H,8H2,1H3,(H,29,30)/t10-,18-,19-/m1/s1. The normalized spacial score (nSPS) is 22.4. The summed E-state index contributed by atoms with van der Waals surface area (Å²) in [5.74, 6) is -2.37. The van der Waals surface area contributed by atoms with Crippen LogP contribution in [0, 0.1) is 5.92 Å². The highest BCUT2D eigenvalue weighted by molar-refractivity contribution is 6.22. The molecule has 1 saturated heterocycles.